The summed E-state index contributed by atoms with van der Waals surface area (Å²) in [5, 5.41) is 2.64. The van der Waals surface area contributed by atoms with E-state index in [9.17, 15) is 18.0 Å². The highest BCUT2D eigenvalue weighted by atomic mass is 32.2. The molecule has 10 heteroatoms. The van der Waals surface area contributed by atoms with Crippen molar-refractivity contribution in [2.24, 2.45) is 0 Å². The number of amides is 2. The molecule has 4 aromatic rings. The van der Waals surface area contributed by atoms with E-state index in [0.29, 0.717) is 24.6 Å². The lowest BCUT2D eigenvalue weighted by atomic mass is 10.2. The zero-order valence-electron chi connectivity index (χ0n) is 22.3. The highest BCUT2D eigenvalue weighted by molar-refractivity contribution is 7.92. The van der Waals surface area contributed by atoms with Crippen LogP contribution in [0.4, 0.5) is 11.4 Å². The molecule has 0 aliphatic carbocycles. The Labute approximate surface area is 239 Å². The zero-order chi connectivity index (χ0) is 28.7. The van der Waals surface area contributed by atoms with Gasteiger partial charge in [-0.15, -0.1) is 0 Å². The maximum atomic E-state index is 13.1. The molecule has 0 aromatic heterocycles. The minimum absolute atomic E-state index is 0.0177. The van der Waals surface area contributed by atoms with Crippen molar-refractivity contribution in [1.82, 2.24) is 10.2 Å². The summed E-state index contributed by atoms with van der Waals surface area (Å²) in [6, 6.07) is 31.3. The van der Waals surface area contributed by atoms with Crippen LogP contribution in [-0.2, 0) is 14.8 Å². The van der Waals surface area contributed by atoms with Crippen LogP contribution in [0.15, 0.2) is 114 Å². The Hall–Kier alpha value is -4.83. The fourth-order valence-corrected chi connectivity index (χ4v) is 5.54. The lowest BCUT2D eigenvalue weighted by Crippen LogP contribution is -2.51. The number of carbonyl (C=O) groups is 2. The molecule has 0 spiro atoms. The predicted molar refractivity (Wildman–Crippen MR) is 158 cm³/mol. The minimum atomic E-state index is -3.96. The van der Waals surface area contributed by atoms with Gasteiger partial charge in [-0.1, -0.05) is 48.5 Å². The molecule has 5 rings (SSSR count). The number of hydrogen-bond acceptors (Lipinski definition) is 6. The van der Waals surface area contributed by atoms with Crippen LogP contribution in [0.5, 0.6) is 11.5 Å². The average molecular weight is 571 g/mol. The quantitative estimate of drug-likeness (QED) is 0.310. The number of rotatable bonds is 9. The number of anilines is 2. The van der Waals surface area contributed by atoms with Crippen molar-refractivity contribution >= 4 is 33.2 Å². The third kappa shape index (κ3) is 7.03. The maximum absolute atomic E-state index is 13.1. The average Bonchev–Trinajstić information content (AvgIpc) is 3.01. The van der Waals surface area contributed by atoms with Gasteiger partial charge in [-0.05, 0) is 60.7 Å². The molecule has 9 nitrogen and oxygen atoms in total. The molecule has 0 saturated carbocycles. The molecule has 1 saturated heterocycles. The first-order valence-electron chi connectivity index (χ1n) is 13.2. The van der Waals surface area contributed by atoms with Gasteiger partial charge in [-0.25, -0.2) is 8.42 Å². The number of para-hydroxylation sites is 4. The summed E-state index contributed by atoms with van der Waals surface area (Å²) >= 11 is 0. The molecule has 2 N–H and O–H groups in total. The second-order valence-corrected chi connectivity index (χ2v) is 11.1. The highest BCUT2D eigenvalue weighted by Gasteiger charge is 2.22. The van der Waals surface area contributed by atoms with Gasteiger partial charge >= 0.3 is 0 Å². The second-order valence-electron chi connectivity index (χ2n) is 9.43. The van der Waals surface area contributed by atoms with Gasteiger partial charge in [-0.3, -0.25) is 14.3 Å². The van der Waals surface area contributed by atoms with Gasteiger partial charge in [0.05, 0.1) is 17.1 Å². The molecule has 0 bridgehead atoms. The Balaban J connectivity index is 1.15. The molecule has 210 valence electrons. The van der Waals surface area contributed by atoms with Gasteiger partial charge in [-0.2, -0.15) is 0 Å². The van der Waals surface area contributed by atoms with Crippen LogP contribution in [-0.4, -0.2) is 57.9 Å². The molecule has 2 amide bonds. The van der Waals surface area contributed by atoms with E-state index in [4.69, 9.17) is 4.74 Å². The van der Waals surface area contributed by atoms with Gasteiger partial charge in [0.1, 0.15) is 5.75 Å². The normalized spacial score (nSPS) is 13.4. The largest absolute Gasteiger partial charge is 0.455 e. The molecule has 0 radical (unpaired) electrons. The van der Waals surface area contributed by atoms with E-state index in [1.807, 2.05) is 48.5 Å². The highest BCUT2D eigenvalue weighted by Crippen LogP contribution is 2.31. The number of sulfonamides is 1. The summed E-state index contributed by atoms with van der Waals surface area (Å²) in [6.45, 7) is 2.45. The first-order chi connectivity index (χ1) is 19.9. The molecular weight excluding hydrogens is 540 g/mol. The van der Waals surface area contributed by atoms with Crippen molar-refractivity contribution in [3.05, 3.63) is 115 Å². The number of benzene rings is 4. The standard InChI is InChI=1S/C31H30N4O5S/c36-30(35-21-19-34(20-22-35)25-9-3-1-4-10-25)23-32-31(37)24-15-17-27(18-16-24)41(38,39)33-28-13-7-8-14-29(28)40-26-11-5-2-6-12-26/h1-18,33H,19-23H2,(H,32,37). The molecule has 41 heavy (non-hydrogen) atoms. The van der Waals surface area contributed by atoms with E-state index in [1.165, 1.54) is 24.3 Å². The SMILES string of the molecule is O=C(NCC(=O)N1CCN(c2ccccc2)CC1)c1ccc(S(=O)(=O)Nc2ccccc2Oc2ccccc2)cc1. The lowest BCUT2D eigenvalue weighted by molar-refractivity contribution is -0.130. The van der Waals surface area contributed by atoms with Crippen molar-refractivity contribution in [3.63, 3.8) is 0 Å². The summed E-state index contributed by atoms with van der Waals surface area (Å²) in [6.07, 6.45) is 0. The lowest BCUT2D eigenvalue weighted by Gasteiger charge is -2.36. The van der Waals surface area contributed by atoms with Crippen molar-refractivity contribution in [1.29, 1.82) is 0 Å². The van der Waals surface area contributed by atoms with Gasteiger partial charge in [0.2, 0.25) is 5.91 Å². The predicted octanol–water partition coefficient (Wildman–Crippen LogP) is 4.36. The van der Waals surface area contributed by atoms with Crippen molar-refractivity contribution in [3.8, 4) is 11.5 Å². The molecule has 1 heterocycles. The van der Waals surface area contributed by atoms with Crippen LogP contribution in [0.2, 0.25) is 0 Å². The first kappa shape index (κ1) is 27.7. The van der Waals surface area contributed by atoms with Gasteiger partial charge in [0.25, 0.3) is 15.9 Å². The number of ether oxygens (including phenoxy) is 1. The number of nitrogens with zero attached hydrogens (tertiary/aromatic N) is 2. The van der Waals surface area contributed by atoms with Crippen LogP contribution in [0.25, 0.3) is 0 Å². The van der Waals surface area contributed by atoms with Crippen molar-refractivity contribution < 1.29 is 22.7 Å². The van der Waals surface area contributed by atoms with Crippen molar-refractivity contribution in [2.45, 2.75) is 4.90 Å². The van der Waals surface area contributed by atoms with Crippen molar-refractivity contribution in [2.75, 3.05) is 42.3 Å². The van der Waals surface area contributed by atoms with Crippen LogP contribution in [0, 0.1) is 0 Å². The van der Waals surface area contributed by atoms with E-state index in [1.54, 1.807) is 41.3 Å². The first-order valence-corrected chi connectivity index (χ1v) is 14.7. The molecule has 1 aliphatic rings. The van der Waals surface area contributed by atoms with Gasteiger partial charge in [0, 0.05) is 37.4 Å². The van der Waals surface area contributed by atoms with E-state index in [2.05, 4.69) is 14.9 Å². The van der Waals surface area contributed by atoms with E-state index < -0.39 is 15.9 Å². The van der Waals surface area contributed by atoms with Crippen LogP contribution < -0.4 is 19.7 Å². The summed E-state index contributed by atoms with van der Waals surface area (Å²) in [7, 11) is -3.96. The fourth-order valence-electron chi connectivity index (χ4n) is 4.47. The Morgan fingerprint density at radius 2 is 1.34 bits per heavy atom. The summed E-state index contributed by atoms with van der Waals surface area (Å²) in [5.41, 5.74) is 1.65. The minimum Gasteiger partial charge on any atom is -0.455 e. The molecule has 1 fully saturated rings. The maximum Gasteiger partial charge on any atom is 0.262 e. The zero-order valence-corrected chi connectivity index (χ0v) is 23.1. The molecular formula is C31H30N4O5S. The Kier molecular flexibility index (Phi) is 8.50. The van der Waals surface area contributed by atoms with Crippen LogP contribution in [0.1, 0.15) is 10.4 Å². The summed E-state index contributed by atoms with van der Waals surface area (Å²) < 4.78 is 34.5. The van der Waals surface area contributed by atoms with Gasteiger partial charge < -0.3 is 19.9 Å². The second kappa shape index (κ2) is 12.6. The van der Waals surface area contributed by atoms with E-state index in [0.717, 1.165) is 18.8 Å². The molecule has 0 unspecified atom stereocenters. The smallest absolute Gasteiger partial charge is 0.262 e. The monoisotopic (exact) mass is 570 g/mol. The third-order valence-electron chi connectivity index (χ3n) is 6.68. The number of hydrogen-bond donors (Lipinski definition) is 2. The Morgan fingerprint density at radius 3 is 2.02 bits per heavy atom. The summed E-state index contributed by atoms with van der Waals surface area (Å²) in [4.78, 5) is 29.3. The summed E-state index contributed by atoms with van der Waals surface area (Å²) in [5.74, 6) is 0.303. The van der Waals surface area contributed by atoms with Gasteiger partial charge in [0.15, 0.2) is 5.75 Å². The number of nitrogens with one attached hydrogen (secondary N) is 2. The van der Waals surface area contributed by atoms with E-state index in [-0.39, 0.29) is 28.6 Å². The number of carbonyl (C=O) groups excluding carboxylic acids is 2. The van der Waals surface area contributed by atoms with Crippen LogP contribution in [0.3, 0.4) is 0 Å². The number of piperazine rings is 1. The third-order valence-corrected chi connectivity index (χ3v) is 8.06. The fraction of sp³-hybridized carbons (Fsp3) is 0.161. The van der Waals surface area contributed by atoms with Crippen LogP contribution >= 0.6 is 0 Å². The molecule has 1 aliphatic heterocycles. The Bertz CT molecular complexity index is 1590. The molecule has 4 aromatic carbocycles. The van der Waals surface area contributed by atoms with E-state index >= 15 is 0 Å². The Morgan fingerprint density at radius 1 is 0.732 bits per heavy atom. The molecule has 0 atom stereocenters. The topological polar surface area (TPSA) is 108 Å².